The van der Waals surface area contributed by atoms with Crippen molar-refractivity contribution < 1.29 is 117 Å². The first kappa shape index (κ1) is 92.1. The van der Waals surface area contributed by atoms with Crippen LogP contribution in [0.1, 0.15) is 124 Å². The molecule has 12 aromatic heterocycles. The second kappa shape index (κ2) is 38.7. The fraction of sp³-hybridized carbons (Fsp3) is 0.198. The SMILES string of the molecule is CC(=O)C=C(C)O.CC(=O)C=C(C)O.CC(=O)C=C(C)O.Cc1cc(C)c(-c2cc3cnc(-c4[c-]ccc5c4oc4nc(C)ccc45)cc3o2)c(C)c1.Cc1cc(C)cc(-c2cc3cnc(-c4[c-]ccc5c4oc4nc(C)ccc45)cc3o2)c1.Cc1ccc2c(n1)oc1c(-c3cc4oc(-c5c(C)cc(C(C)(C)C)cc5C)cc4cn3)[c-]ccc12.[Ir].[Ir].[Ir]. The molecule has 0 aliphatic carbocycles. The van der Waals surface area contributed by atoms with E-state index in [9.17, 15) is 14.4 Å². The van der Waals surface area contributed by atoms with E-state index in [-0.39, 0.29) is 100 Å². The minimum absolute atomic E-state index is 0. The Hall–Kier alpha value is -12.2. The molecule has 0 fully saturated rings. The summed E-state index contributed by atoms with van der Waals surface area (Å²) in [4.78, 5) is 57.8. The second-order valence-corrected chi connectivity index (χ2v) is 31.2. The summed E-state index contributed by atoms with van der Waals surface area (Å²) in [5.41, 5.74) is 27.2. The predicted molar refractivity (Wildman–Crippen MR) is 474 cm³/mol. The number of hydrogen-bond donors (Lipinski definition) is 3. The fourth-order valence-corrected chi connectivity index (χ4v) is 14.7. The first-order valence-corrected chi connectivity index (χ1v) is 38.8. The van der Waals surface area contributed by atoms with Crippen molar-refractivity contribution in [1.82, 2.24) is 29.9 Å². The van der Waals surface area contributed by atoms with Crippen LogP contribution in [0.4, 0.5) is 0 Å². The Morgan fingerprint density at radius 2 is 0.648 bits per heavy atom. The van der Waals surface area contributed by atoms with E-state index in [4.69, 9.17) is 51.8 Å². The van der Waals surface area contributed by atoms with Crippen LogP contribution in [0.5, 0.6) is 0 Å². The zero-order valence-electron chi connectivity index (χ0n) is 71.1. The molecule has 0 aliphatic rings. The van der Waals surface area contributed by atoms with Gasteiger partial charge in [0.2, 0.25) is 17.1 Å². The van der Waals surface area contributed by atoms with Crippen molar-refractivity contribution in [3.05, 3.63) is 286 Å². The topological polar surface area (TPSA) is 268 Å². The molecule has 0 spiro atoms. The van der Waals surface area contributed by atoms with E-state index in [2.05, 4.69) is 174 Å². The number of pyridine rings is 6. The smallest absolute Gasteiger partial charge is 0.216 e. The number of aliphatic hydroxyl groups excluding tert-OH is 3. The van der Waals surface area contributed by atoms with E-state index in [1.807, 2.05) is 124 Å². The molecule has 0 atom stereocenters. The van der Waals surface area contributed by atoms with Crippen molar-refractivity contribution in [2.75, 3.05) is 0 Å². The molecule has 3 N–H and O–H groups in total. The summed E-state index contributed by atoms with van der Waals surface area (Å²) in [7, 11) is 0. The summed E-state index contributed by atoms with van der Waals surface area (Å²) in [6.45, 7) is 36.0. The van der Waals surface area contributed by atoms with Gasteiger partial charge in [-0.25, -0.2) is 15.0 Å². The van der Waals surface area contributed by atoms with Gasteiger partial charge >= 0.3 is 0 Å². The van der Waals surface area contributed by atoms with Crippen LogP contribution in [0.2, 0.25) is 0 Å². The van der Waals surface area contributed by atoms with E-state index in [1.165, 1.54) is 104 Å². The minimum Gasteiger partial charge on any atom is -0.512 e. The number of aliphatic hydroxyl groups is 3. The van der Waals surface area contributed by atoms with Crippen LogP contribution in [0.25, 0.3) is 167 Å². The Morgan fingerprint density at radius 3 is 0.943 bits per heavy atom. The third-order valence-electron chi connectivity index (χ3n) is 19.6. The summed E-state index contributed by atoms with van der Waals surface area (Å²) >= 11 is 0. The van der Waals surface area contributed by atoms with E-state index in [1.54, 1.807) is 0 Å². The number of hydrogen-bond acceptors (Lipinski definition) is 18. The molecular formula is C101H91Ir3N6O12-3. The van der Waals surface area contributed by atoms with Crippen molar-refractivity contribution in [1.29, 1.82) is 0 Å². The third-order valence-corrected chi connectivity index (χ3v) is 19.6. The van der Waals surface area contributed by atoms with Crippen LogP contribution in [0, 0.1) is 87.4 Å². The van der Waals surface area contributed by atoms with E-state index >= 15 is 0 Å². The molecule has 6 aromatic carbocycles. The quantitative estimate of drug-likeness (QED) is 0.0688. The van der Waals surface area contributed by atoms with Gasteiger partial charge in [-0.05, 0) is 246 Å². The van der Waals surface area contributed by atoms with Gasteiger partial charge in [-0.1, -0.05) is 101 Å². The third kappa shape index (κ3) is 21.0. The number of nitrogens with zero attached hydrogens (tertiary/aromatic N) is 6. The average molecular weight is 2160 g/mol. The number of benzene rings is 6. The van der Waals surface area contributed by atoms with Crippen molar-refractivity contribution in [3.8, 4) is 67.7 Å². The number of allylic oxidation sites excluding steroid dienone is 6. The van der Waals surface area contributed by atoms with Gasteiger partial charge in [0.25, 0.3) is 0 Å². The van der Waals surface area contributed by atoms with Crippen LogP contribution in [0.3, 0.4) is 0 Å². The number of ketones is 3. The molecule has 3 radical (unpaired) electrons. The molecule has 0 unspecified atom stereocenters. The zero-order valence-corrected chi connectivity index (χ0v) is 78.3. The van der Waals surface area contributed by atoms with Gasteiger partial charge in [-0.3, -0.25) is 14.4 Å². The minimum atomic E-state index is -0.125. The molecule has 627 valence electrons. The first-order valence-electron chi connectivity index (χ1n) is 38.8. The average Bonchev–Trinajstić information content (AvgIpc) is 1.60. The molecule has 0 saturated heterocycles. The fourth-order valence-electron chi connectivity index (χ4n) is 14.7. The Morgan fingerprint density at radius 1 is 0.352 bits per heavy atom. The maximum atomic E-state index is 10.0. The van der Waals surface area contributed by atoms with Crippen LogP contribution < -0.4 is 0 Å². The molecule has 18 aromatic rings. The summed E-state index contributed by atoms with van der Waals surface area (Å²) in [5.74, 6) is 2.37. The normalized spacial score (nSPS) is 11.5. The Bertz CT molecular complexity index is 6980. The summed E-state index contributed by atoms with van der Waals surface area (Å²) in [6.07, 6.45) is 9.07. The Labute approximate surface area is 747 Å². The van der Waals surface area contributed by atoms with Crippen molar-refractivity contribution in [2.24, 2.45) is 0 Å². The molecule has 18 nitrogen and oxygen atoms in total. The summed E-state index contributed by atoms with van der Waals surface area (Å²) in [6, 6.07) is 61.2. The Balaban J connectivity index is 0.000000169. The zero-order chi connectivity index (χ0) is 85.2. The maximum Gasteiger partial charge on any atom is 0.216 e. The molecular weight excluding hydrogens is 2070 g/mol. The van der Waals surface area contributed by atoms with Crippen LogP contribution >= 0.6 is 0 Å². The molecule has 0 bridgehead atoms. The standard InChI is InChI=1S/C31H27N2O2.C28H21N2O2.C27H19N2O2.3C5H8O2.3Ir/c1-17-12-21(31(4,5)6)13-18(2)28(17)27-14-20-16-32-25(15-26(20)34-27)24-9-7-8-22-23-11-10-19(3)33-30(23)35-29(22)24;1-15-10-16(2)26(17(3)11-15)25-12-19-14-29-23(13-24(19)31-25)22-7-5-6-20-21-9-8-18(4)30-28(21)32-27(20)22;1-15-9-16(2)11-18(10-15)24-12-19-14-28-23(13-25(19)30-24)22-6-4-5-20-21-8-7-17(3)29-27(21)31-26(20)22;3*1-4(6)3-5(2)7;;;/h7-8,10-16H,1-6H3;5-6,8-14H,1-4H3;4-5,7-14H,1-3H3;3*3,6H,1-2H3;;;/q3*-1;;;;;;. The van der Waals surface area contributed by atoms with Gasteiger partial charge in [0.1, 0.15) is 34.0 Å². The van der Waals surface area contributed by atoms with Gasteiger partial charge in [-0.15, -0.1) is 54.6 Å². The molecule has 18 rings (SSSR count). The van der Waals surface area contributed by atoms with Gasteiger partial charge in [0, 0.05) is 163 Å². The number of furan rings is 6. The maximum absolute atomic E-state index is 10.0. The van der Waals surface area contributed by atoms with Gasteiger partial charge in [-0.2, -0.15) is 0 Å². The number of rotatable bonds is 9. The van der Waals surface area contributed by atoms with Gasteiger partial charge in [0.05, 0.1) is 34.0 Å². The van der Waals surface area contributed by atoms with E-state index in [0.717, 1.165) is 167 Å². The molecule has 12 heterocycles. The molecule has 0 amide bonds. The molecule has 0 aliphatic heterocycles. The van der Waals surface area contributed by atoms with Crippen LogP contribution in [-0.2, 0) is 80.1 Å². The largest absolute Gasteiger partial charge is 0.512 e. The molecule has 122 heavy (non-hydrogen) atoms. The number of aryl methyl sites for hydroxylation is 10. The van der Waals surface area contributed by atoms with Gasteiger partial charge < -0.3 is 56.8 Å². The number of aromatic nitrogens is 6. The second-order valence-electron chi connectivity index (χ2n) is 31.2. The van der Waals surface area contributed by atoms with Crippen LogP contribution in [0.15, 0.2) is 232 Å². The van der Waals surface area contributed by atoms with Gasteiger partial charge in [0.15, 0.2) is 17.3 Å². The van der Waals surface area contributed by atoms with E-state index < -0.39 is 0 Å². The number of fused-ring (bicyclic) bond motifs is 12. The number of carbonyl (C=O) groups is 3. The van der Waals surface area contributed by atoms with Crippen molar-refractivity contribution in [2.45, 2.75) is 137 Å². The number of carbonyl (C=O) groups excluding carboxylic acids is 3. The molecule has 0 saturated carbocycles. The Kier molecular flexibility index (Phi) is 29.2. The predicted octanol–water partition coefficient (Wildman–Crippen LogP) is 26.3. The van der Waals surface area contributed by atoms with Crippen molar-refractivity contribution >= 4 is 116 Å². The summed E-state index contributed by atoms with van der Waals surface area (Å²) < 4.78 is 37.3. The van der Waals surface area contributed by atoms with Crippen molar-refractivity contribution in [3.63, 3.8) is 0 Å². The summed E-state index contributed by atoms with van der Waals surface area (Å²) in [5, 5.41) is 34.0. The van der Waals surface area contributed by atoms with E-state index in [0.29, 0.717) is 17.1 Å². The molecule has 21 heteroatoms. The van der Waals surface area contributed by atoms with Crippen LogP contribution in [-0.4, -0.2) is 62.6 Å². The first-order chi connectivity index (χ1) is 56.6. The monoisotopic (exact) mass is 2160 g/mol.